The second kappa shape index (κ2) is 4.41. The molecule has 0 aliphatic carbocycles. The van der Waals surface area contributed by atoms with E-state index in [-0.39, 0.29) is 17.1 Å². The van der Waals surface area contributed by atoms with E-state index in [9.17, 15) is 5.11 Å². The first-order valence-corrected chi connectivity index (χ1v) is 4.78. The third kappa shape index (κ3) is 2.80. The van der Waals surface area contributed by atoms with Gasteiger partial charge in [-0.3, -0.25) is 0 Å². The van der Waals surface area contributed by atoms with E-state index in [2.05, 4.69) is 0 Å². The van der Waals surface area contributed by atoms with Gasteiger partial charge in [0.15, 0.2) is 11.5 Å². The number of ether oxygens (including phenoxy) is 2. The molecule has 0 saturated heterocycles. The predicted molar refractivity (Wildman–Crippen MR) is 67.1 cm³/mol. The Labute approximate surface area is 117 Å². The topological polar surface area (TPSA) is 38.7 Å². The number of aliphatic hydroxyl groups is 1. The molecule has 0 spiro atoms. The van der Waals surface area contributed by atoms with Crippen molar-refractivity contribution in [2.24, 2.45) is 5.41 Å². The van der Waals surface area contributed by atoms with Gasteiger partial charge in [-0.2, -0.15) is 0 Å². The minimum atomic E-state index is -3.47. The molecule has 1 aliphatic heterocycles. The van der Waals surface area contributed by atoms with Gasteiger partial charge in [-0.15, -0.1) is 0 Å². The molecule has 1 aromatic rings. The second-order valence-corrected chi connectivity index (χ2v) is 3.67. The van der Waals surface area contributed by atoms with Crippen molar-refractivity contribution >= 4 is 6.05 Å². The summed E-state index contributed by atoms with van der Waals surface area (Å²) in [5.41, 5.74) is -3.20. The Kier molecular flexibility index (Phi) is 1.12. The van der Waals surface area contributed by atoms with E-state index < -0.39 is 44.0 Å². The smallest absolute Gasteiger partial charge is 0.231 e. The summed E-state index contributed by atoms with van der Waals surface area (Å²) < 4.78 is 93.8. The van der Waals surface area contributed by atoms with Crippen molar-refractivity contribution in [3.05, 3.63) is 29.8 Å². The molecule has 1 atom stereocenters. The molecule has 92 valence electrons. The minimum Gasteiger partial charge on any atom is -0.454 e. The summed E-state index contributed by atoms with van der Waals surface area (Å²) in [7, 11) is 0. The summed E-state index contributed by atoms with van der Waals surface area (Å²) in [6, 6.07) is 1.47. The molecule has 1 unspecified atom stereocenters. The molecule has 1 aromatic carbocycles. The quantitative estimate of drug-likeness (QED) is 0.870. The van der Waals surface area contributed by atoms with Crippen LogP contribution in [0.3, 0.4) is 0 Å². The average molecular weight is 245 g/mol. The van der Waals surface area contributed by atoms with Crippen LogP contribution in [0.2, 0.25) is 0 Å². The van der Waals surface area contributed by atoms with Crippen LogP contribution in [-0.2, 0) is 0 Å². The highest BCUT2D eigenvalue weighted by molar-refractivity contribution is 5.56. The molecule has 0 amide bonds. The van der Waals surface area contributed by atoms with Crippen LogP contribution >= 0.6 is 0 Å². The van der Waals surface area contributed by atoms with Crippen LogP contribution in [0.5, 0.6) is 11.5 Å². The number of rotatable bonds is 2. The van der Waals surface area contributed by atoms with Gasteiger partial charge in [0, 0.05) is 8.22 Å². The summed E-state index contributed by atoms with van der Waals surface area (Å²) in [6.07, 6.45) is -3.47. The van der Waals surface area contributed by atoms with Gasteiger partial charge in [0.1, 0.15) is 2.74 Å². The van der Waals surface area contributed by atoms with Gasteiger partial charge in [0.05, 0.1) is 10.2 Å². The van der Waals surface area contributed by atoms with Crippen molar-refractivity contribution in [1.82, 2.24) is 0 Å². The van der Waals surface area contributed by atoms with Gasteiger partial charge in [-0.25, -0.2) is 0 Å². The Bertz CT molecular complexity index is 794. The molecule has 0 aromatic heterocycles. The summed E-state index contributed by atoms with van der Waals surface area (Å²) in [4.78, 5) is 0. The molecule has 0 saturated carbocycles. The number of benzene rings is 1. The highest BCUT2D eigenvalue weighted by Gasteiger charge is 2.19. The molecule has 0 bridgehead atoms. The number of fused-ring (bicyclic) bond motifs is 1. The van der Waals surface area contributed by atoms with Crippen molar-refractivity contribution < 1.29 is 29.7 Å². The first kappa shape index (κ1) is 4.32. The molecule has 0 radical (unpaired) electrons. The summed E-state index contributed by atoms with van der Waals surface area (Å²) in [5, 5.41) is 10.5. The van der Waals surface area contributed by atoms with Gasteiger partial charge in [0.25, 0.3) is 0 Å². The normalized spacial score (nSPS) is 33.4. The van der Waals surface area contributed by atoms with Crippen LogP contribution in [0, 0.1) is 5.41 Å². The molecule has 1 aliphatic rings. The maximum Gasteiger partial charge on any atom is 0.231 e. The Morgan fingerprint density at radius 3 is 3.12 bits per heavy atom. The first-order valence-electron chi connectivity index (χ1n) is 10.3. The second-order valence-electron chi connectivity index (χ2n) is 3.67. The standard InChI is InChI=1S/C14H18O3/c1-14(2,3)13(15)7-5-10-4-6-11-12(8-10)17-9-16-11/h4-8,13,15H,9H2,1-3H3/b7-5+/i1D3,2D3,5D,7D,9D2,13D. The summed E-state index contributed by atoms with van der Waals surface area (Å²) >= 11 is 0. The maximum atomic E-state index is 10.5. The molecule has 1 N–H and O–H groups in total. The van der Waals surface area contributed by atoms with Crippen molar-refractivity contribution in [2.75, 3.05) is 6.75 Å². The zero-order valence-corrected chi connectivity index (χ0v) is 9.00. The lowest BCUT2D eigenvalue weighted by Gasteiger charge is -2.22. The van der Waals surface area contributed by atoms with Crippen LogP contribution in [0.25, 0.3) is 6.05 Å². The van der Waals surface area contributed by atoms with E-state index >= 15 is 0 Å². The van der Waals surface area contributed by atoms with E-state index in [4.69, 9.17) is 24.6 Å². The molecule has 17 heavy (non-hydrogen) atoms. The third-order valence-corrected chi connectivity index (χ3v) is 2.05. The number of hydrogen-bond donors (Lipinski definition) is 1. The fourth-order valence-electron chi connectivity index (χ4n) is 1.12. The van der Waals surface area contributed by atoms with Crippen molar-refractivity contribution in [3.8, 4) is 11.5 Å². The third-order valence-electron chi connectivity index (χ3n) is 2.05. The molecular formula is C14H18O3. The van der Waals surface area contributed by atoms with E-state index in [1.54, 1.807) is 0 Å². The van der Waals surface area contributed by atoms with Gasteiger partial charge in [-0.05, 0) is 23.1 Å². The van der Waals surface area contributed by atoms with Crippen LogP contribution in [0.4, 0.5) is 0 Å². The Hall–Kier alpha value is -1.48. The average Bonchev–Trinajstić information content (AvgIpc) is 2.82. The largest absolute Gasteiger partial charge is 0.454 e. The fraction of sp³-hybridized carbons (Fsp3) is 0.429. The van der Waals surface area contributed by atoms with Crippen molar-refractivity contribution in [2.45, 2.75) is 26.7 Å². The van der Waals surface area contributed by atoms with E-state index in [1.165, 1.54) is 12.1 Å². The monoisotopic (exact) mass is 245 g/mol. The number of hydrogen-bond acceptors (Lipinski definition) is 3. The predicted octanol–water partition coefficient (Wildman–Crippen LogP) is 2.84. The van der Waals surface area contributed by atoms with E-state index in [1.807, 2.05) is 0 Å². The molecule has 0 fully saturated rings. The zero-order valence-electron chi connectivity index (χ0n) is 20.0. The lowest BCUT2D eigenvalue weighted by molar-refractivity contribution is 0.106. The van der Waals surface area contributed by atoms with E-state index in [0.29, 0.717) is 6.92 Å². The molecule has 2 rings (SSSR count). The molecule has 3 heteroatoms. The maximum absolute atomic E-state index is 10.5. The summed E-state index contributed by atoms with van der Waals surface area (Å²) in [6.45, 7) is -8.50. The van der Waals surface area contributed by atoms with Gasteiger partial charge in [0.2, 0.25) is 6.75 Å². The molecular weight excluding hydrogens is 216 g/mol. The van der Waals surface area contributed by atoms with Crippen molar-refractivity contribution in [3.63, 3.8) is 0 Å². The zero-order chi connectivity index (χ0) is 21.9. The summed E-state index contributed by atoms with van der Waals surface area (Å²) in [5.74, 6) is -0.0907. The first-order chi connectivity index (χ1) is 12.3. The van der Waals surface area contributed by atoms with Gasteiger partial charge >= 0.3 is 0 Å². The van der Waals surface area contributed by atoms with Crippen molar-refractivity contribution in [1.29, 1.82) is 0 Å². The Morgan fingerprint density at radius 1 is 1.59 bits per heavy atom. The van der Waals surface area contributed by atoms with Crippen LogP contribution in [0.15, 0.2) is 24.3 Å². The van der Waals surface area contributed by atoms with E-state index in [0.717, 1.165) is 6.07 Å². The Balaban J connectivity index is 2.59. The lowest BCUT2D eigenvalue weighted by atomic mass is 9.89. The minimum absolute atomic E-state index is 0.0176. The molecule has 3 nitrogen and oxygen atoms in total. The van der Waals surface area contributed by atoms with Crippen LogP contribution < -0.4 is 9.47 Å². The lowest BCUT2D eigenvalue weighted by Crippen LogP contribution is -2.23. The molecule has 1 heterocycles. The fourth-order valence-corrected chi connectivity index (χ4v) is 1.12. The highest BCUT2D eigenvalue weighted by Crippen LogP contribution is 2.33. The SMILES string of the molecule is [2H]/C(=C(/[2H])C([2H])(O)C(C)(C([2H])([2H])[2H])C([2H])([2H])[2H])c1ccc2c(c1)OC([2H])([2H])O2. The Morgan fingerprint density at radius 2 is 2.35 bits per heavy atom. The van der Waals surface area contributed by atoms with Gasteiger partial charge < -0.3 is 14.6 Å². The van der Waals surface area contributed by atoms with Crippen LogP contribution in [0.1, 0.15) is 41.3 Å². The highest BCUT2D eigenvalue weighted by atomic mass is 16.7. The van der Waals surface area contributed by atoms with Crippen LogP contribution in [-0.4, -0.2) is 17.9 Å². The van der Waals surface area contributed by atoms with Gasteiger partial charge in [-0.1, -0.05) is 38.8 Å².